The lowest BCUT2D eigenvalue weighted by molar-refractivity contribution is 0.0696. The Morgan fingerprint density at radius 2 is 2.29 bits per heavy atom. The minimum absolute atomic E-state index is 0.00889. The third-order valence-corrected chi connectivity index (χ3v) is 2.90. The lowest BCUT2D eigenvalue weighted by Gasteiger charge is -2.03. The first-order valence-electron chi connectivity index (χ1n) is 4.57. The van der Waals surface area contributed by atoms with Crippen LogP contribution in [0.3, 0.4) is 0 Å². The Balaban J connectivity index is 2.28. The van der Waals surface area contributed by atoms with Gasteiger partial charge in [-0.25, -0.2) is 4.79 Å². The number of carboxylic acid groups (broad SMARTS) is 1. The van der Waals surface area contributed by atoms with Gasteiger partial charge in [0.25, 0.3) is 5.19 Å². The molecule has 0 saturated carbocycles. The van der Waals surface area contributed by atoms with E-state index in [1.165, 1.54) is 12.1 Å². The van der Waals surface area contributed by atoms with Gasteiger partial charge >= 0.3 is 5.97 Å². The van der Waals surface area contributed by atoms with Crippen molar-refractivity contribution in [2.75, 3.05) is 0 Å². The molecule has 1 heterocycles. The summed E-state index contributed by atoms with van der Waals surface area (Å²) in [6, 6.07) is 4.39. The summed E-state index contributed by atoms with van der Waals surface area (Å²) >= 11 is 6.84. The molecule has 17 heavy (non-hydrogen) atoms. The molecular formula is C10H7ClN2O3S. The minimum atomic E-state index is -1.10. The third kappa shape index (κ3) is 2.72. The van der Waals surface area contributed by atoms with E-state index in [0.717, 1.165) is 11.5 Å². The van der Waals surface area contributed by atoms with Crippen molar-refractivity contribution < 1.29 is 14.6 Å². The number of carboxylic acids is 1. The van der Waals surface area contributed by atoms with E-state index in [1.54, 1.807) is 13.0 Å². The van der Waals surface area contributed by atoms with E-state index in [1.807, 2.05) is 0 Å². The SMILES string of the molecule is Cc1nsc(Oc2ccc(Cl)c(C(=O)O)c2)n1. The second kappa shape index (κ2) is 4.68. The molecule has 0 aliphatic carbocycles. The highest BCUT2D eigenvalue weighted by Gasteiger charge is 2.11. The topological polar surface area (TPSA) is 72.3 Å². The van der Waals surface area contributed by atoms with Gasteiger partial charge in [-0.05, 0) is 25.1 Å². The zero-order chi connectivity index (χ0) is 12.4. The predicted molar refractivity (Wildman–Crippen MR) is 63.1 cm³/mol. The van der Waals surface area contributed by atoms with Gasteiger partial charge in [0.2, 0.25) is 0 Å². The summed E-state index contributed by atoms with van der Waals surface area (Å²) in [6.45, 7) is 1.74. The third-order valence-electron chi connectivity index (χ3n) is 1.88. The van der Waals surface area contributed by atoms with Gasteiger partial charge in [0.15, 0.2) is 0 Å². The fourth-order valence-electron chi connectivity index (χ4n) is 1.15. The lowest BCUT2D eigenvalue weighted by Crippen LogP contribution is -1.97. The Kier molecular flexibility index (Phi) is 3.26. The van der Waals surface area contributed by atoms with Crippen LogP contribution in [-0.4, -0.2) is 20.4 Å². The van der Waals surface area contributed by atoms with E-state index >= 15 is 0 Å². The molecule has 0 fully saturated rings. The molecule has 2 rings (SSSR count). The van der Waals surface area contributed by atoms with Gasteiger partial charge in [-0.1, -0.05) is 11.6 Å². The van der Waals surface area contributed by atoms with Crippen LogP contribution in [0.1, 0.15) is 16.2 Å². The van der Waals surface area contributed by atoms with Crippen molar-refractivity contribution in [1.29, 1.82) is 0 Å². The van der Waals surface area contributed by atoms with Crippen molar-refractivity contribution in [3.05, 3.63) is 34.6 Å². The first kappa shape index (κ1) is 11.8. The minimum Gasteiger partial charge on any atom is -0.478 e. The summed E-state index contributed by atoms with van der Waals surface area (Å²) in [5, 5.41) is 9.42. The van der Waals surface area contributed by atoms with Crippen LogP contribution in [0.25, 0.3) is 0 Å². The van der Waals surface area contributed by atoms with Crippen molar-refractivity contribution in [2.45, 2.75) is 6.92 Å². The van der Waals surface area contributed by atoms with Crippen LogP contribution >= 0.6 is 23.1 Å². The van der Waals surface area contributed by atoms with Crippen LogP contribution in [0.4, 0.5) is 0 Å². The molecule has 0 spiro atoms. The molecule has 7 heteroatoms. The van der Waals surface area contributed by atoms with Gasteiger partial charge in [-0.2, -0.15) is 9.36 Å². The highest BCUT2D eigenvalue weighted by molar-refractivity contribution is 7.07. The molecule has 0 radical (unpaired) electrons. The van der Waals surface area contributed by atoms with Gasteiger partial charge in [0.05, 0.1) is 10.6 Å². The molecule has 1 N–H and O–H groups in total. The molecular weight excluding hydrogens is 264 g/mol. The standard InChI is InChI=1S/C10H7ClN2O3S/c1-5-12-10(17-13-5)16-6-2-3-8(11)7(4-6)9(14)15/h2-4H,1H3,(H,14,15). The first-order chi connectivity index (χ1) is 8.06. The van der Waals surface area contributed by atoms with Crippen molar-refractivity contribution in [1.82, 2.24) is 9.36 Å². The number of carbonyl (C=O) groups is 1. The quantitative estimate of drug-likeness (QED) is 0.928. The van der Waals surface area contributed by atoms with Gasteiger partial charge in [0, 0.05) is 11.5 Å². The molecule has 2 aromatic rings. The van der Waals surface area contributed by atoms with Crippen molar-refractivity contribution in [3.8, 4) is 10.9 Å². The average molecular weight is 271 g/mol. The summed E-state index contributed by atoms with van der Waals surface area (Å²) in [5.74, 6) is -0.130. The first-order valence-corrected chi connectivity index (χ1v) is 5.72. The van der Waals surface area contributed by atoms with E-state index in [4.69, 9.17) is 21.4 Å². The fraction of sp³-hybridized carbons (Fsp3) is 0.100. The Labute approximate surface area is 106 Å². The molecule has 0 aliphatic rings. The van der Waals surface area contributed by atoms with Crippen LogP contribution in [0.2, 0.25) is 5.02 Å². The molecule has 0 saturated heterocycles. The average Bonchev–Trinajstić information content (AvgIpc) is 2.66. The number of aromatic carboxylic acids is 1. The molecule has 1 aromatic carbocycles. The Morgan fingerprint density at radius 1 is 1.53 bits per heavy atom. The van der Waals surface area contributed by atoms with E-state index in [9.17, 15) is 4.79 Å². The van der Waals surface area contributed by atoms with E-state index in [-0.39, 0.29) is 10.6 Å². The zero-order valence-electron chi connectivity index (χ0n) is 8.68. The number of rotatable bonds is 3. The summed E-state index contributed by atoms with van der Waals surface area (Å²) < 4.78 is 9.32. The maximum Gasteiger partial charge on any atom is 0.337 e. The summed E-state index contributed by atoms with van der Waals surface area (Å²) in [4.78, 5) is 14.9. The second-order valence-electron chi connectivity index (χ2n) is 3.16. The maximum atomic E-state index is 10.9. The Morgan fingerprint density at radius 3 is 2.88 bits per heavy atom. The van der Waals surface area contributed by atoms with Crippen LogP contribution in [0.15, 0.2) is 18.2 Å². The number of hydrogen-bond donors (Lipinski definition) is 1. The number of hydrogen-bond acceptors (Lipinski definition) is 5. The maximum absolute atomic E-state index is 10.9. The normalized spacial score (nSPS) is 10.2. The highest BCUT2D eigenvalue weighted by Crippen LogP contribution is 2.27. The van der Waals surface area contributed by atoms with E-state index < -0.39 is 5.97 Å². The number of aromatic nitrogens is 2. The predicted octanol–water partition coefficient (Wildman–Crippen LogP) is 2.99. The van der Waals surface area contributed by atoms with E-state index in [2.05, 4.69) is 9.36 Å². The van der Waals surface area contributed by atoms with Gasteiger partial charge in [0.1, 0.15) is 11.6 Å². The number of halogens is 1. The second-order valence-corrected chi connectivity index (χ2v) is 4.28. The van der Waals surface area contributed by atoms with Crippen molar-refractivity contribution in [3.63, 3.8) is 0 Å². The molecule has 1 aromatic heterocycles. The van der Waals surface area contributed by atoms with Crippen molar-refractivity contribution >= 4 is 29.1 Å². The molecule has 0 aliphatic heterocycles. The summed E-state index contributed by atoms with van der Waals surface area (Å²) in [5.41, 5.74) is -0.00889. The number of aryl methyl sites for hydroxylation is 1. The molecule has 0 unspecified atom stereocenters. The monoisotopic (exact) mass is 270 g/mol. The number of benzene rings is 1. The van der Waals surface area contributed by atoms with Crippen LogP contribution in [-0.2, 0) is 0 Å². The Bertz CT molecular complexity index is 570. The Hall–Kier alpha value is -1.66. The van der Waals surface area contributed by atoms with Crippen LogP contribution in [0, 0.1) is 6.92 Å². The zero-order valence-corrected chi connectivity index (χ0v) is 10.2. The van der Waals surface area contributed by atoms with Gasteiger partial charge in [-0.15, -0.1) is 0 Å². The van der Waals surface area contributed by atoms with Crippen LogP contribution < -0.4 is 4.74 Å². The van der Waals surface area contributed by atoms with E-state index in [0.29, 0.717) is 16.8 Å². The molecule has 5 nitrogen and oxygen atoms in total. The molecule has 0 atom stereocenters. The fourth-order valence-corrected chi connectivity index (χ4v) is 1.91. The number of nitrogens with zero attached hydrogens (tertiary/aromatic N) is 2. The van der Waals surface area contributed by atoms with Gasteiger partial charge < -0.3 is 9.84 Å². The molecule has 0 amide bonds. The van der Waals surface area contributed by atoms with Crippen LogP contribution in [0.5, 0.6) is 10.9 Å². The lowest BCUT2D eigenvalue weighted by atomic mass is 10.2. The van der Waals surface area contributed by atoms with Gasteiger partial charge in [-0.3, -0.25) is 0 Å². The summed E-state index contributed by atoms with van der Waals surface area (Å²) in [7, 11) is 0. The smallest absolute Gasteiger partial charge is 0.337 e. The molecule has 0 bridgehead atoms. The summed E-state index contributed by atoms with van der Waals surface area (Å²) in [6.07, 6.45) is 0. The largest absolute Gasteiger partial charge is 0.478 e. The van der Waals surface area contributed by atoms with Crippen molar-refractivity contribution in [2.24, 2.45) is 0 Å². The molecule has 88 valence electrons. The number of ether oxygens (including phenoxy) is 1. The highest BCUT2D eigenvalue weighted by atomic mass is 35.5.